The summed E-state index contributed by atoms with van der Waals surface area (Å²) in [6.45, 7) is 1.53. The molecule has 0 heterocycles. The molecule has 0 unspecified atom stereocenters. The quantitative estimate of drug-likeness (QED) is 0.583. The highest BCUT2D eigenvalue weighted by molar-refractivity contribution is 5.29. The van der Waals surface area contributed by atoms with Gasteiger partial charge in [0.1, 0.15) is 24.0 Å². The van der Waals surface area contributed by atoms with Crippen LogP contribution in [0.25, 0.3) is 0 Å². The van der Waals surface area contributed by atoms with Gasteiger partial charge in [0.15, 0.2) is 0 Å². The van der Waals surface area contributed by atoms with E-state index >= 15 is 0 Å². The number of halogens is 2. The number of benzene rings is 3. The lowest BCUT2D eigenvalue weighted by atomic mass is 10.1. The molecule has 1 N–H and O–H groups in total. The van der Waals surface area contributed by atoms with E-state index in [4.69, 9.17) is 4.74 Å². The predicted molar refractivity (Wildman–Crippen MR) is 99.0 cm³/mol. The Morgan fingerprint density at radius 1 is 0.769 bits per heavy atom. The topological polar surface area (TPSA) is 21.3 Å². The molecule has 4 heteroatoms. The summed E-state index contributed by atoms with van der Waals surface area (Å²) in [5.41, 5.74) is 2.30. The highest BCUT2D eigenvalue weighted by Crippen LogP contribution is 2.16. The zero-order valence-corrected chi connectivity index (χ0v) is 14.4. The Morgan fingerprint density at radius 3 is 2.19 bits per heavy atom. The second-order valence-electron chi connectivity index (χ2n) is 6.05. The van der Waals surface area contributed by atoms with Crippen LogP contribution in [0.15, 0.2) is 72.8 Å². The average molecular weight is 353 g/mol. The maximum atomic E-state index is 13.6. The number of rotatable bonds is 8. The van der Waals surface area contributed by atoms with E-state index in [1.807, 2.05) is 30.3 Å². The van der Waals surface area contributed by atoms with Crippen molar-refractivity contribution in [2.24, 2.45) is 0 Å². The smallest absolute Gasteiger partial charge is 0.129 e. The van der Waals surface area contributed by atoms with Crippen LogP contribution in [0.5, 0.6) is 5.75 Å². The average Bonchev–Trinajstić information content (AvgIpc) is 2.66. The van der Waals surface area contributed by atoms with E-state index in [0.29, 0.717) is 36.4 Å². The first-order chi connectivity index (χ1) is 12.7. The van der Waals surface area contributed by atoms with Gasteiger partial charge in [-0.15, -0.1) is 0 Å². The lowest BCUT2D eigenvalue weighted by Gasteiger charge is -2.10. The third kappa shape index (κ3) is 5.14. The molecule has 0 aromatic heterocycles. The second kappa shape index (κ2) is 9.11. The fraction of sp³-hybridized carbons (Fsp3) is 0.182. The van der Waals surface area contributed by atoms with Crippen molar-refractivity contribution in [1.82, 2.24) is 5.32 Å². The molecule has 0 atom stereocenters. The van der Waals surface area contributed by atoms with Crippen LogP contribution in [0.2, 0.25) is 0 Å². The molecule has 0 bridgehead atoms. The Morgan fingerprint density at radius 2 is 1.46 bits per heavy atom. The van der Waals surface area contributed by atoms with Gasteiger partial charge in [0.25, 0.3) is 0 Å². The van der Waals surface area contributed by atoms with Crippen molar-refractivity contribution in [3.63, 3.8) is 0 Å². The van der Waals surface area contributed by atoms with Crippen molar-refractivity contribution < 1.29 is 13.5 Å². The lowest BCUT2D eigenvalue weighted by Crippen LogP contribution is -2.17. The molecule has 0 aliphatic carbocycles. The summed E-state index contributed by atoms with van der Waals surface area (Å²) in [7, 11) is 0. The minimum Gasteiger partial charge on any atom is -0.489 e. The number of nitrogens with one attached hydrogen (secondary N) is 1. The van der Waals surface area contributed by atoms with E-state index in [9.17, 15) is 8.78 Å². The molecule has 0 aliphatic heterocycles. The first-order valence-corrected chi connectivity index (χ1v) is 8.61. The van der Waals surface area contributed by atoms with E-state index in [0.717, 1.165) is 5.56 Å². The fourth-order valence-electron chi connectivity index (χ4n) is 2.68. The van der Waals surface area contributed by atoms with Gasteiger partial charge in [0.05, 0.1) is 0 Å². The normalized spacial score (nSPS) is 10.7. The molecule has 26 heavy (non-hydrogen) atoms. The SMILES string of the molecule is Fc1ccccc1CCNCc1cccc(OCc2ccccc2F)c1. The summed E-state index contributed by atoms with van der Waals surface area (Å²) in [5, 5.41) is 3.31. The summed E-state index contributed by atoms with van der Waals surface area (Å²) in [5.74, 6) is 0.262. The van der Waals surface area contributed by atoms with Crippen LogP contribution in [-0.2, 0) is 19.6 Å². The van der Waals surface area contributed by atoms with Crippen LogP contribution in [-0.4, -0.2) is 6.54 Å². The van der Waals surface area contributed by atoms with Crippen LogP contribution in [0.1, 0.15) is 16.7 Å². The summed E-state index contributed by atoms with van der Waals surface area (Å²) >= 11 is 0. The Bertz CT molecular complexity index is 851. The summed E-state index contributed by atoms with van der Waals surface area (Å²) in [6.07, 6.45) is 0.635. The van der Waals surface area contributed by atoms with E-state index < -0.39 is 0 Å². The summed E-state index contributed by atoms with van der Waals surface area (Å²) in [4.78, 5) is 0. The van der Waals surface area contributed by atoms with Crippen LogP contribution >= 0.6 is 0 Å². The molecule has 0 saturated heterocycles. The minimum atomic E-state index is -0.265. The van der Waals surface area contributed by atoms with Gasteiger partial charge in [-0.3, -0.25) is 0 Å². The maximum absolute atomic E-state index is 13.6. The largest absolute Gasteiger partial charge is 0.489 e. The van der Waals surface area contributed by atoms with Gasteiger partial charge < -0.3 is 10.1 Å². The van der Waals surface area contributed by atoms with Gasteiger partial charge in [-0.1, -0.05) is 48.5 Å². The fourth-order valence-corrected chi connectivity index (χ4v) is 2.68. The summed E-state index contributed by atoms with van der Waals surface area (Å²) in [6, 6.07) is 21.1. The Kier molecular flexibility index (Phi) is 6.34. The zero-order valence-electron chi connectivity index (χ0n) is 14.4. The molecule has 0 aliphatic rings. The van der Waals surface area contributed by atoms with E-state index in [1.54, 1.807) is 30.3 Å². The van der Waals surface area contributed by atoms with Crippen LogP contribution in [0.4, 0.5) is 8.78 Å². The van der Waals surface area contributed by atoms with Crippen molar-refractivity contribution >= 4 is 0 Å². The Hall–Kier alpha value is -2.72. The standard InChI is InChI=1S/C22H21F2NO/c23-21-10-3-1-7-18(21)12-13-25-15-17-6-5-9-20(14-17)26-16-19-8-2-4-11-22(19)24/h1-11,14,25H,12-13,15-16H2. The van der Waals surface area contributed by atoms with E-state index in [1.165, 1.54) is 12.1 Å². The molecule has 0 radical (unpaired) electrons. The third-order valence-corrected chi connectivity index (χ3v) is 4.11. The van der Waals surface area contributed by atoms with Gasteiger partial charge in [-0.2, -0.15) is 0 Å². The van der Waals surface area contributed by atoms with Crippen molar-refractivity contribution in [2.45, 2.75) is 19.6 Å². The Labute approximate surface area is 152 Å². The van der Waals surface area contributed by atoms with Crippen LogP contribution in [0.3, 0.4) is 0 Å². The van der Waals surface area contributed by atoms with Gasteiger partial charge in [0.2, 0.25) is 0 Å². The van der Waals surface area contributed by atoms with E-state index in [2.05, 4.69) is 5.32 Å². The highest BCUT2D eigenvalue weighted by Gasteiger charge is 2.03. The molecule has 0 spiro atoms. The highest BCUT2D eigenvalue weighted by atomic mass is 19.1. The molecular formula is C22H21F2NO. The third-order valence-electron chi connectivity index (χ3n) is 4.11. The molecular weight excluding hydrogens is 332 g/mol. The van der Waals surface area contributed by atoms with Gasteiger partial charge in [-0.25, -0.2) is 8.78 Å². The van der Waals surface area contributed by atoms with Crippen molar-refractivity contribution in [3.8, 4) is 5.75 Å². The molecule has 0 amide bonds. The molecule has 0 fully saturated rings. The van der Waals surface area contributed by atoms with Crippen molar-refractivity contribution in [2.75, 3.05) is 6.54 Å². The minimum absolute atomic E-state index is 0.169. The maximum Gasteiger partial charge on any atom is 0.129 e. The second-order valence-corrected chi connectivity index (χ2v) is 6.05. The lowest BCUT2D eigenvalue weighted by molar-refractivity contribution is 0.299. The molecule has 3 rings (SSSR count). The monoisotopic (exact) mass is 353 g/mol. The van der Waals surface area contributed by atoms with E-state index in [-0.39, 0.29) is 18.2 Å². The van der Waals surface area contributed by atoms with Gasteiger partial charge >= 0.3 is 0 Å². The number of hydrogen-bond donors (Lipinski definition) is 1. The van der Waals surface area contributed by atoms with Crippen molar-refractivity contribution in [3.05, 3.63) is 101 Å². The molecule has 0 saturated carbocycles. The molecule has 2 nitrogen and oxygen atoms in total. The van der Waals surface area contributed by atoms with Crippen LogP contribution < -0.4 is 10.1 Å². The molecule has 3 aromatic rings. The van der Waals surface area contributed by atoms with Crippen molar-refractivity contribution in [1.29, 1.82) is 0 Å². The van der Waals surface area contributed by atoms with Gasteiger partial charge in [0, 0.05) is 12.1 Å². The molecule has 134 valence electrons. The zero-order chi connectivity index (χ0) is 18.2. The predicted octanol–water partition coefficient (Wildman–Crippen LogP) is 4.88. The first kappa shape index (κ1) is 18.1. The van der Waals surface area contributed by atoms with Crippen LogP contribution in [0, 0.1) is 11.6 Å². The number of hydrogen-bond acceptors (Lipinski definition) is 2. The first-order valence-electron chi connectivity index (χ1n) is 8.61. The molecule has 3 aromatic carbocycles. The Balaban J connectivity index is 1.48. The number of ether oxygens (including phenoxy) is 1. The van der Waals surface area contributed by atoms with Gasteiger partial charge in [-0.05, 0) is 48.4 Å². The summed E-state index contributed by atoms with van der Waals surface area (Å²) < 4.78 is 32.9.